The van der Waals surface area contributed by atoms with Gasteiger partial charge < -0.3 is 4.57 Å². The summed E-state index contributed by atoms with van der Waals surface area (Å²) in [6, 6.07) is 88.3. The Morgan fingerprint density at radius 2 is 0.662 bits per heavy atom. The van der Waals surface area contributed by atoms with E-state index in [2.05, 4.69) is 234 Å². The van der Waals surface area contributed by atoms with Crippen molar-refractivity contribution in [3.05, 3.63) is 249 Å². The van der Waals surface area contributed by atoms with E-state index >= 15 is 0 Å². The van der Waals surface area contributed by atoms with Crippen molar-refractivity contribution in [2.75, 3.05) is 0 Å². The molecule has 0 fully saturated rings. The highest BCUT2D eigenvalue weighted by molar-refractivity contribution is 6.24. The third-order valence-corrected chi connectivity index (χ3v) is 13.2. The summed E-state index contributed by atoms with van der Waals surface area (Å²) in [7, 11) is 0. The number of aromatic nitrogens is 5. The molecule has 13 rings (SSSR count). The largest absolute Gasteiger partial charge is 0.307 e. The average molecular weight is 868 g/mol. The maximum Gasteiger partial charge on any atom is 0.238 e. The third kappa shape index (κ3) is 6.68. The van der Waals surface area contributed by atoms with Crippen molar-refractivity contribution in [2.45, 2.75) is 0 Å². The van der Waals surface area contributed by atoms with Gasteiger partial charge in [0, 0.05) is 38.2 Å². The number of fused-ring (bicyclic) bond motifs is 7. The molecule has 0 bridgehead atoms. The maximum absolute atomic E-state index is 5.45. The molecule has 13 aromatic rings. The van der Waals surface area contributed by atoms with Gasteiger partial charge in [-0.05, 0) is 63.2 Å². The first-order valence-electron chi connectivity index (χ1n) is 23.0. The lowest BCUT2D eigenvalue weighted by Crippen LogP contribution is -2.07. The Hall–Kier alpha value is -9.19. The van der Waals surface area contributed by atoms with Crippen LogP contribution in [0.5, 0.6) is 0 Å². The lowest BCUT2D eigenvalue weighted by Gasteiger charge is -2.18. The van der Waals surface area contributed by atoms with Crippen LogP contribution in [0.15, 0.2) is 249 Å². The molecular weight excluding hydrogens is 827 g/mol. The van der Waals surface area contributed by atoms with E-state index < -0.39 is 0 Å². The highest BCUT2D eigenvalue weighted by Crippen LogP contribution is 2.44. The monoisotopic (exact) mass is 867 g/mol. The first-order valence-corrected chi connectivity index (χ1v) is 23.0. The zero-order chi connectivity index (χ0) is 45.0. The summed E-state index contributed by atoms with van der Waals surface area (Å²) in [6.45, 7) is 0. The molecule has 0 aliphatic carbocycles. The van der Waals surface area contributed by atoms with Crippen LogP contribution in [0.3, 0.4) is 0 Å². The Bertz CT molecular complexity index is 3990. The molecule has 3 aromatic heterocycles. The Labute approximate surface area is 393 Å². The summed E-state index contributed by atoms with van der Waals surface area (Å²) in [5.74, 6) is 1.75. The summed E-state index contributed by atoms with van der Waals surface area (Å²) >= 11 is 0. The van der Waals surface area contributed by atoms with Crippen molar-refractivity contribution in [3.63, 3.8) is 0 Å². The van der Waals surface area contributed by atoms with E-state index in [0.29, 0.717) is 17.6 Å². The minimum Gasteiger partial charge on any atom is -0.307 e. The molecular formula is C63H41N5. The Morgan fingerprint density at radius 3 is 1.26 bits per heavy atom. The summed E-state index contributed by atoms with van der Waals surface area (Å²) < 4.78 is 4.76. The fourth-order valence-corrected chi connectivity index (χ4v) is 9.98. The van der Waals surface area contributed by atoms with Gasteiger partial charge >= 0.3 is 0 Å². The number of para-hydroxylation sites is 2. The van der Waals surface area contributed by atoms with Crippen molar-refractivity contribution in [1.29, 1.82) is 0 Å². The van der Waals surface area contributed by atoms with Gasteiger partial charge in [-0.15, -0.1) is 0 Å². The van der Waals surface area contributed by atoms with Crippen molar-refractivity contribution in [2.24, 2.45) is 0 Å². The molecule has 68 heavy (non-hydrogen) atoms. The second kappa shape index (κ2) is 16.4. The fraction of sp³-hybridized carbons (Fsp3) is 0. The Balaban J connectivity index is 1.13. The van der Waals surface area contributed by atoms with Crippen molar-refractivity contribution in [3.8, 4) is 78.9 Å². The molecule has 0 aliphatic rings. The quantitative estimate of drug-likeness (QED) is 0.153. The van der Waals surface area contributed by atoms with Gasteiger partial charge in [0.05, 0.1) is 27.8 Å². The van der Waals surface area contributed by atoms with E-state index in [1.165, 1.54) is 11.1 Å². The number of rotatable bonds is 8. The van der Waals surface area contributed by atoms with Gasteiger partial charge in [-0.25, -0.2) is 4.98 Å². The van der Waals surface area contributed by atoms with E-state index in [1.54, 1.807) is 0 Å². The van der Waals surface area contributed by atoms with E-state index in [9.17, 15) is 0 Å². The predicted molar refractivity (Wildman–Crippen MR) is 281 cm³/mol. The fourth-order valence-electron chi connectivity index (χ4n) is 9.98. The van der Waals surface area contributed by atoms with Gasteiger partial charge in [0.15, 0.2) is 11.6 Å². The Morgan fingerprint density at radius 1 is 0.250 bits per heavy atom. The van der Waals surface area contributed by atoms with Crippen LogP contribution in [0.4, 0.5) is 0 Å². The zero-order valence-electron chi connectivity index (χ0n) is 36.9. The van der Waals surface area contributed by atoms with Crippen LogP contribution in [-0.4, -0.2) is 24.1 Å². The van der Waals surface area contributed by atoms with Gasteiger partial charge in [0.1, 0.15) is 0 Å². The molecule has 0 spiro atoms. The third-order valence-electron chi connectivity index (χ3n) is 13.2. The second-order valence-corrected chi connectivity index (χ2v) is 17.2. The summed E-state index contributed by atoms with van der Waals surface area (Å²) in [5, 5.41) is 4.53. The molecule has 10 aromatic carbocycles. The Kier molecular flexibility index (Phi) is 9.43. The van der Waals surface area contributed by atoms with Gasteiger partial charge in [-0.1, -0.05) is 224 Å². The lowest BCUT2D eigenvalue weighted by molar-refractivity contribution is 0.953. The number of benzene rings is 10. The number of nitrogens with zero attached hydrogens (tertiary/aromatic N) is 5. The van der Waals surface area contributed by atoms with E-state index in [0.717, 1.165) is 93.8 Å². The minimum absolute atomic E-state index is 0.546. The van der Waals surface area contributed by atoms with Crippen LogP contribution in [0.2, 0.25) is 0 Å². The first-order chi connectivity index (χ1) is 33.7. The smallest absolute Gasteiger partial charge is 0.238 e. The molecule has 0 unspecified atom stereocenters. The lowest BCUT2D eigenvalue weighted by atomic mass is 9.96. The SMILES string of the molecule is c1ccc(-c2ccc(-c3ccc(-c4ccccc4)cc3-n3c4ccccc4c4ccc5c6ccccc6n(-c6nc(-c7ccccc7)nc(-c7cccc(-c8ccccc8)c7)n6)c5c43)cc2)cc1. The van der Waals surface area contributed by atoms with E-state index in [-0.39, 0.29) is 0 Å². The van der Waals surface area contributed by atoms with Crippen LogP contribution < -0.4 is 0 Å². The normalized spacial score (nSPS) is 11.5. The van der Waals surface area contributed by atoms with Crippen molar-refractivity contribution < 1.29 is 0 Å². The molecule has 318 valence electrons. The van der Waals surface area contributed by atoms with Gasteiger partial charge in [0.2, 0.25) is 5.95 Å². The summed E-state index contributed by atoms with van der Waals surface area (Å²) in [6.07, 6.45) is 0. The molecule has 0 aliphatic heterocycles. The second-order valence-electron chi connectivity index (χ2n) is 17.2. The number of hydrogen-bond donors (Lipinski definition) is 0. The first kappa shape index (κ1) is 39.2. The van der Waals surface area contributed by atoms with Gasteiger partial charge in [-0.3, -0.25) is 4.57 Å². The highest BCUT2D eigenvalue weighted by atomic mass is 15.2. The predicted octanol–water partition coefficient (Wildman–Crippen LogP) is 16.1. The summed E-state index contributed by atoms with van der Waals surface area (Å²) in [5.41, 5.74) is 16.3. The highest BCUT2D eigenvalue weighted by Gasteiger charge is 2.25. The minimum atomic E-state index is 0.546. The molecule has 0 saturated carbocycles. The molecule has 0 saturated heterocycles. The molecule has 0 atom stereocenters. The van der Waals surface area contributed by atoms with Crippen LogP contribution in [0, 0.1) is 0 Å². The maximum atomic E-state index is 5.45. The zero-order valence-corrected chi connectivity index (χ0v) is 36.9. The van der Waals surface area contributed by atoms with Gasteiger partial charge in [0.25, 0.3) is 0 Å². The molecule has 5 heteroatoms. The average Bonchev–Trinajstić information content (AvgIpc) is 3.95. The van der Waals surface area contributed by atoms with Crippen LogP contribution >= 0.6 is 0 Å². The molecule has 0 N–H and O–H groups in total. The van der Waals surface area contributed by atoms with E-state index in [4.69, 9.17) is 15.0 Å². The topological polar surface area (TPSA) is 48.5 Å². The molecule has 5 nitrogen and oxygen atoms in total. The molecule has 0 radical (unpaired) electrons. The van der Waals surface area contributed by atoms with Crippen LogP contribution in [0.1, 0.15) is 0 Å². The summed E-state index contributed by atoms with van der Waals surface area (Å²) in [4.78, 5) is 16.1. The van der Waals surface area contributed by atoms with Crippen LogP contribution in [0.25, 0.3) is 123 Å². The van der Waals surface area contributed by atoms with E-state index in [1.807, 2.05) is 24.3 Å². The molecule has 3 heterocycles. The van der Waals surface area contributed by atoms with Crippen LogP contribution in [-0.2, 0) is 0 Å². The van der Waals surface area contributed by atoms with Crippen molar-refractivity contribution >= 4 is 43.6 Å². The number of hydrogen-bond acceptors (Lipinski definition) is 3. The van der Waals surface area contributed by atoms with Gasteiger partial charge in [-0.2, -0.15) is 9.97 Å². The standard InChI is InChI=1S/C63H41N5/c1-5-18-42(19-6-1)45-32-34-46(35-33-45)51-37-36-49(44-22-9-3-10-23-44)41-58(51)67-56-30-15-13-28-52(56)54-38-39-55-53-29-14-16-31-57(53)68(60(55)59(54)67)63-65-61(47-24-11-4-12-25-47)64-62(66-63)50-27-17-26-48(40-50)43-20-7-2-8-21-43/h1-41H. The van der Waals surface area contributed by atoms with Crippen molar-refractivity contribution in [1.82, 2.24) is 24.1 Å². The molecule has 0 amide bonds.